The van der Waals surface area contributed by atoms with Crippen molar-refractivity contribution in [2.75, 3.05) is 5.32 Å². The molecule has 17 heavy (non-hydrogen) atoms. The first-order chi connectivity index (χ1) is 8.16. The number of primary amides is 1. The Balaban J connectivity index is 2.26. The van der Waals surface area contributed by atoms with Gasteiger partial charge >= 0.3 is 0 Å². The number of nitrogens with one attached hydrogen (secondary N) is 1. The normalized spacial score (nSPS) is 12.3. The van der Waals surface area contributed by atoms with Crippen LogP contribution >= 0.6 is 0 Å². The van der Waals surface area contributed by atoms with E-state index in [1.54, 1.807) is 6.20 Å². The number of hydrogen-bond donors (Lipinski definition) is 2. The topological polar surface area (TPSA) is 68.0 Å². The third-order valence-corrected chi connectivity index (χ3v) is 2.56. The number of amides is 1. The minimum Gasteiger partial charge on any atom is -0.370 e. The summed E-state index contributed by atoms with van der Waals surface area (Å²) in [7, 11) is 0. The van der Waals surface area contributed by atoms with Crippen molar-refractivity contribution in [3.8, 4) is 0 Å². The van der Waals surface area contributed by atoms with E-state index in [2.05, 4.69) is 10.3 Å². The molecule has 1 atom stereocenters. The summed E-state index contributed by atoms with van der Waals surface area (Å²) in [6, 6.07) is 9.92. The lowest BCUT2D eigenvalue weighted by atomic mass is 10.1. The van der Waals surface area contributed by atoms with Gasteiger partial charge in [-0.1, -0.05) is 24.3 Å². The molecule has 1 unspecified atom stereocenters. The van der Waals surface area contributed by atoms with Crippen LogP contribution in [0.5, 0.6) is 0 Å². The molecular weight excluding hydrogens is 214 g/mol. The molecule has 1 amide bonds. The van der Waals surface area contributed by atoms with E-state index in [4.69, 9.17) is 5.73 Å². The van der Waals surface area contributed by atoms with Crippen molar-refractivity contribution in [1.82, 2.24) is 4.98 Å². The van der Waals surface area contributed by atoms with Gasteiger partial charge in [-0.05, 0) is 18.4 Å². The van der Waals surface area contributed by atoms with Crippen LogP contribution in [-0.4, -0.2) is 16.9 Å². The highest BCUT2D eigenvalue weighted by atomic mass is 16.1. The number of nitrogens with zero attached hydrogens (tertiary/aromatic N) is 1. The van der Waals surface area contributed by atoms with Crippen LogP contribution in [0, 0.1) is 0 Å². The van der Waals surface area contributed by atoms with Crippen LogP contribution in [0.4, 0.5) is 5.82 Å². The quantitative estimate of drug-likeness (QED) is 0.841. The second-order valence-corrected chi connectivity index (χ2v) is 4.10. The van der Waals surface area contributed by atoms with E-state index < -0.39 is 0 Å². The number of hydrogen-bond acceptors (Lipinski definition) is 3. The van der Waals surface area contributed by atoms with E-state index in [-0.39, 0.29) is 11.9 Å². The molecule has 0 aliphatic rings. The van der Waals surface area contributed by atoms with E-state index in [9.17, 15) is 4.79 Å². The molecule has 3 N–H and O–H groups in total. The van der Waals surface area contributed by atoms with Crippen LogP contribution in [0.25, 0.3) is 10.8 Å². The van der Waals surface area contributed by atoms with Gasteiger partial charge < -0.3 is 11.1 Å². The van der Waals surface area contributed by atoms with Gasteiger partial charge in [0.25, 0.3) is 0 Å². The Bertz CT molecular complexity index is 534. The molecular formula is C13H15N3O. The summed E-state index contributed by atoms with van der Waals surface area (Å²) in [4.78, 5) is 15.1. The standard InChI is InChI=1S/C13H15N3O/c1-9(8-12(14)17)16-13-11-5-3-2-4-10(11)6-7-15-13/h2-7,9H,8H2,1H3,(H2,14,17)(H,15,16). The maximum absolute atomic E-state index is 10.8. The Hall–Kier alpha value is -2.10. The maximum atomic E-state index is 10.8. The minimum absolute atomic E-state index is 0.0224. The van der Waals surface area contributed by atoms with Gasteiger partial charge in [0.2, 0.25) is 5.91 Å². The summed E-state index contributed by atoms with van der Waals surface area (Å²) >= 11 is 0. The molecule has 0 aliphatic carbocycles. The molecule has 0 aliphatic heterocycles. The van der Waals surface area contributed by atoms with E-state index in [0.29, 0.717) is 6.42 Å². The second kappa shape index (κ2) is 4.82. The third-order valence-electron chi connectivity index (χ3n) is 2.56. The summed E-state index contributed by atoms with van der Waals surface area (Å²) in [5, 5.41) is 5.37. The number of carbonyl (C=O) groups excluding carboxylic acids is 1. The van der Waals surface area contributed by atoms with Crippen molar-refractivity contribution in [2.24, 2.45) is 5.73 Å². The average Bonchev–Trinajstić information content (AvgIpc) is 2.28. The van der Waals surface area contributed by atoms with Gasteiger partial charge in [0, 0.05) is 24.0 Å². The molecule has 0 fully saturated rings. The largest absolute Gasteiger partial charge is 0.370 e. The lowest BCUT2D eigenvalue weighted by Crippen LogP contribution is -2.24. The molecule has 1 aromatic carbocycles. The summed E-state index contributed by atoms with van der Waals surface area (Å²) in [6.45, 7) is 1.91. The first-order valence-corrected chi connectivity index (χ1v) is 5.55. The van der Waals surface area contributed by atoms with E-state index in [1.807, 2.05) is 37.3 Å². The molecule has 2 aromatic rings. The van der Waals surface area contributed by atoms with Crippen LogP contribution in [0.15, 0.2) is 36.5 Å². The molecule has 88 valence electrons. The SMILES string of the molecule is CC(CC(N)=O)Nc1nccc2ccccc12. The second-order valence-electron chi connectivity index (χ2n) is 4.10. The van der Waals surface area contributed by atoms with Crippen LogP contribution in [-0.2, 0) is 4.79 Å². The van der Waals surface area contributed by atoms with Gasteiger partial charge in [-0.25, -0.2) is 4.98 Å². The van der Waals surface area contributed by atoms with Gasteiger partial charge in [0.05, 0.1) is 0 Å². The zero-order valence-corrected chi connectivity index (χ0v) is 9.68. The molecule has 1 heterocycles. The molecule has 0 saturated heterocycles. The van der Waals surface area contributed by atoms with Gasteiger partial charge in [-0.15, -0.1) is 0 Å². The fourth-order valence-electron chi connectivity index (χ4n) is 1.82. The maximum Gasteiger partial charge on any atom is 0.219 e. The summed E-state index contributed by atoms with van der Waals surface area (Å²) in [5.41, 5.74) is 5.16. The summed E-state index contributed by atoms with van der Waals surface area (Å²) in [6.07, 6.45) is 2.05. The number of nitrogens with two attached hydrogens (primary N) is 1. The van der Waals surface area contributed by atoms with Gasteiger partial charge in [-0.3, -0.25) is 4.79 Å². The Kier molecular flexibility index (Phi) is 3.23. The molecule has 1 aromatic heterocycles. The Labute approximate surface area is 99.8 Å². The van der Waals surface area contributed by atoms with Gasteiger partial charge in [0.15, 0.2) is 0 Å². The van der Waals surface area contributed by atoms with E-state index in [0.717, 1.165) is 16.6 Å². The predicted octanol–water partition coefficient (Wildman–Crippen LogP) is 1.91. The fourth-order valence-corrected chi connectivity index (χ4v) is 1.82. The van der Waals surface area contributed by atoms with Crippen molar-refractivity contribution in [1.29, 1.82) is 0 Å². The van der Waals surface area contributed by atoms with Crippen molar-refractivity contribution >= 4 is 22.5 Å². The van der Waals surface area contributed by atoms with E-state index >= 15 is 0 Å². The molecule has 0 spiro atoms. The van der Waals surface area contributed by atoms with Crippen LogP contribution < -0.4 is 11.1 Å². The molecule has 0 saturated carbocycles. The van der Waals surface area contributed by atoms with Crippen molar-refractivity contribution in [2.45, 2.75) is 19.4 Å². The number of carbonyl (C=O) groups is 1. The number of rotatable bonds is 4. The van der Waals surface area contributed by atoms with Crippen molar-refractivity contribution in [3.63, 3.8) is 0 Å². The fraction of sp³-hybridized carbons (Fsp3) is 0.231. The smallest absolute Gasteiger partial charge is 0.219 e. The number of pyridine rings is 1. The highest BCUT2D eigenvalue weighted by molar-refractivity contribution is 5.91. The van der Waals surface area contributed by atoms with Gasteiger partial charge in [0.1, 0.15) is 5.82 Å². The van der Waals surface area contributed by atoms with Crippen molar-refractivity contribution < 1.29 is 4.79 Å². The Morgan fingerprint density at radius 1 is 1.41 bits per heavy atom. The molecule has 4 nitrogen and oxygen atoms in total. The zero-order chi connectivity index (χ0) is 12.3. The molecule has 4 heteroatoms. The highest BCUT2D eigenvalue weighted by Gasteiger charge is 2.08. The summed E-state index contributed by atoms with van der Waals surface area (Å²) in [5.74, 6) is 0.474. The Morgan fingerprint density at radius 3 is 2.94 bits per heavy atom. The van der Waals surface area contributed by atoms with Crippen LogP contribution in [0.2, 0.25) is 0 Å². The Morgan fingerprint density at radius 2 is 2.18 bits per heavy atom. The average molecular weight is 229 g/mol. The number of benzene rings is 1. The number of fused-ring (bicyclic) bond motifs is 1. The lowest BCUT2D eigenvalue weighted by molar-refractivity contribution is -0.118. The third kappa shape index (κ3) is 2.72. The molecule has 2 rings (SSSR count). The molecule has 0 radical (unpaired) electrons. The van der Waals surface area contributed by atoms with Crippen molar-refractivity contribution in [3.05, 3.63) is 36.5 Å². The highest BCUT2D eigenvalue weighted by Crippen LogP contribution is 2.21. The zero-order valence-electron chi connectivity index (χ0n) is 9.68. The monoisotopic (exact) mass is 229 g/mol. The summed E-state index contributed by atoms with van der Waals surface area (Å²) < 4.78 is 0. The lowest BCUT2D eigenvalue weighted by Gasteiger charge is -2.14. The van der Waals surface area contributed by atoms with Crippen LogP contribution in [0.1, 0.15) is 13.3 Å². The molecule has 0 bridgehead atoms. The van der Waals surface area contributed by atoms with Gasteiger partial charge in [-0.2, -0.15) is 0 Å². The van der Waals surface area contributed by atoms with E-state index in [1.165, 1.54) is 0 Å². The first kappa shape index (κ1) is 11.4. The predicted molar refractivity (Wildman–Crippen MR) is 68.6 cm³/mol. The number of aromatic nitrogens is 1. The number of anilines is 1. The minimum atomic E-state index is -0.315. The first-order valence-electron chi connectivity index (χ1n) is 5.55. The van der Waals surface area contributed by atoms with Crippen LogP contribution in [0.3, 0.4) is 0 Å².